The van der Waals surface area contributed by atoms with E-state index in [9.17, 15) is 10.1 Å². The molecule has 1 saturated carbocycles. The molecule has 1 aliphatic carbocycles. The summed E-state index contributed by atoms with van der Waals surface area (Å²) in [4.78, 5) is 10.5. The van der Waals surface area contributed by atoms with Gasteiger partial charge in [0.25, 0.3) is 5.69 Å². The highest BCUT2D eigenvalue weighted by Crippen LogP contribution is 2.26. The maximum Gasteiger partial charge on any atom is 0.276 e. The van der Waals surface area contributed by atoms with Crippen LogP contribution in [0.4, 0.5) is 5.69 Å². The van der Waals surface area contributed by atoms with Gasteiger partial charge in [-0.15, -0.1) is 0 Å². The highest BCUT2D eigenvalue weighted by atomic mass is 79.9. The number of hydrogen-bond donors (Lipinski definition) is 1. The second kappa shape index (κ2) is 5.77. The Bertz CT molecular complexity index is 453. The molecule has 1 aromatic carbocycles. The van der Waals surface area contributed by atoms with E-state index < -0.39 is 4.92 Å². The molecule has 2 rings (SSSR count). The first kappa shape index (κ1) is 13.5. The molecule has 2 unspecified atom stereocenters. The van der Waals surface area contributed by atoms with E-state index in [2.05, 4.69) is 15.9 Å². The number of rotatable bonds is 4. The van der Waals surface area contributed by atoms with Crippen molar-refractivity contribution in [3.63, 3.8) is 0 Å². The van der Waals surface area contributed by atoms with Crippen molar-refractivity contribution < 1.29 is 9.66 Å². The van der Waals surface area contributed by atoms with Crippen molar-refractivity contribution in [2.24, 2.45) is 5.73 Å². The maximum absolute atomic E-state index is 10.9. The minimum Gasteiger partial charge on any atom is -0.372 e. The molecule has 1 fully saturated rings. The van der Waals surface area contributed by atoms with Crippen molar-refractivity contribution in [3.05, 3.63) is 38.3 Å². The first-order chi connectivity index (χ1) is 8.58. The molecule has 0 aliphatic heterocycles. The van der Waals surface area contributed by atoms with Crippen molar-refractivity contribution in [1.82, 2.24) is 0 Å². The minimum atomic E-state index is -0.391. The van der Waals surface area contributed by atoms with Crippen LogP contribution in [0.3, 0.4) is 0 Å². The Morgan fingerprint density at radius 1 is 1.50 bits per heavy atom. The van der Waals surface area contributed by atoms with E-state index in [0.29, 0.717) is 10.0 Å². The van der Waals surface area contributed by atoms with Crippen LogP contribution < -0.4 is 5.73 Å². The Kier molecular flexibility index (Phi) is 4.31. The lowest BCUT2D eigenvalue weighted by Crippen LogP contribution is -2.31. The predicted octanol–water partition coefficient (Wildman–Crippen LogP) is 2.75. The summed E-state index contributed by atoms with van der Waals surface area (Å²) in [5.74, 6) is 0. The van der Waals surface area contributed by atoms with E-state index in [1.807, 2.05) is 0 Å². The summed E-state index contributed by atoms with van der Waals surface area (Å²) in [6.07, 6.45) is 2.99. The SMILES string of the molecule is NC1CCCC1OCc1ccc(Br)cc1[N+](=O)[O-]. The van der Waals surface area contributed by atoms with Gasteiger partial charge in [-0.1, -0.05) is 15.9 Å². The quantitative estimate of drug-likeness (QED) is 0.684. The summed E-state index contributed by atoms with van der Waals surface area (Å²) in [5, 5.41) is 10.9. The lowest BCUT2D eigenvalue weighted by molar-refractivity contribution is -0.386. The lowest BCUT2D eigenvalue weighted by atomic mass is 10.2. The summed E-state index contributed by atoms with van der Waals surface area (Å²) in [6, 6.07) is 5.04. The highest BCUT2D eigenvalue weighted by molar-refractivity contribution is 9.10. The van der Waals surface area contributed by atoms with Gasteiger partial charge in [-0.05, 0) is 31.4 Å². The fourth-order valence-corrected chi connectivity index (χ4v) is 2.54. The van der Waals surface area contributed by atoms with Crippen LogP contribution in [0.2, 0.25) is 0 Å². The molecule has 0 heterocycles. The summed E-state index contributed by atoms with van der Waals surface area (Å²) in [5.41, 5.74) is 6.56. The number of nitrogens with zero attached hydrogens (tertiary/aromatic N) is 1. The van der Waals surface area contributed by atoms with Crippen LogP contribution in [0.1, 0.15) is 24.8 Å². The smallest absolute Gasteiger partial charge is 0.276 e. The zero-order valence-electron chi connectivity index (χ0n) is 9.84. The van der Waals surface area contributed by atoms with Gasteiger partial charge in [0.05, 0.1) is 23.2 Å². The average molecular weight is 315 g/mol. The number of ether oxygens (including phenoxy) is 1. The molecule has 0 amide bonds. The molecule has 6 heteroatoms. The van der Waals surface area contributed by atoms with Gasteiger partial charge in [-0.3, -0.25) is 10.1 Å². The van der Waals surface area contributed by atoms with E-state index in [0.717, 1.165) is 19.3 Å². The summed E-state index contributed by atoms with van der Waals surface area (Å²) in [6.45, 7) is 0.238. The molecular weight excluding hydrogens is 300 g/mol. The number of benzene rings is 1. The first-order valence-electron chi connectivity index (χ1n) is 5.88. The first-order valence-corrected chi connectivity index (χ1v) is 6.67. The molecule has 18 heavy (non-hydrogen) atoms. The number of nitrogens with two attached hydrogens (primary N) is 1. The van der Waals surface area contributed by atoms with Gasteiger partial charge < -0.3 is 10.5 Å². The van der Waals surface area contributed by atoms with Gasteiger partial charge in [-0.25, -0.2) is 0 Å². The summed E-state index contributed by atoms with van der Waals surface area (Å²) in [7, 11) is 0. The third kappa shape index (κ3) is 3.07. The topological polar surface area (TPSA) is 78.4 Å². The van der Waals surface area contributed by atoms with Crippen LogP contribution in [0, 0.1) is 10.1 Å². The molecule has 0 aromatic heterocycles. The standard InChI is InChI=1S/C12H15BrN2O3/c13-9-5-4-8(11(6-9)15(16)17)7-18-12-3-1-2-10(12)14/h4-6,10,12H,1-3,7,14H2. The predicted molar refractivity (Wildman–Crippen MR) is 71.2 cm³/mol. The molecule has 2 N–H and O–H groups in total. The molecule has 0 spiro atoms. The highest BCUT2D eigenvalue weighted by Gasteiger charge is 2.25. The second-order valence-electron chi connectivity index (χ2n) is 4.47. The molecule has 0 saturated heterocycles. The Labute approximate surface area is 114 Å². The molecule has 2 atom stereocenters. The van der Waals surface area contributed by atoms with E-state index in [-0.39, 0.29) is 24.4 Å². The zero-order valence-corrected chi connectivity index (χ0v) is 11.4. The van der Waals surface area contributed by atoms with Crippen LogP contribution in [0.25, 0.3) is 0 Å². The van der Waals surface area contributed by atoms with Crippen LogP contribution in [0.15, 0.2) is 22.7 Å². The lowest BCUT2D eigenvalue weighted by Gasteiger charge is -2.16. The summed E-state index contributed by atoms with van der Waals surface area (Å²) >= 11 is 3.23. The number of nitro benzene ring substituents is 1. The minimum absolute atomic E-state index is 0.0215. The van der Waals surface area contributed by atoms with Crippen molar-refractivity contribution in [2.75, 3.05) is 0 Å². The number of hydrogen-bond acceptors (Lipinski definition) is 4. The van der Waals surface area contributed by atoms with Crippen molar-refractivity contribution >= 4 is 21.6 Å². The van der Waals surface area contributed by atoms with Gasteiger partial charge in [-0.2, -0.15) is 0 Å². The van der Waals surface area contributed by atoms with Gasteiger partial charge in [0.15, 0.2) is 0 Å². The Balaban J connectivity index is 2.06. The molecule has 5 nitrogen and oxygen atoms in total. The Morgan fingerprint density at radius 3 is 2.89 bits per heavy atom. The Morgan fingerprint density at radius 2 is 2.28 bits per heavy atom. The van der Waals surface area contributed by atoms with Crippen molar-refractivity contribution in [1.29, 1.82) is 0 Å². The van der Waals surface area contributed by atoms with E-state index in [1.165, 1.54) is 6.07 Å². The van der Waals surface area contributed by atoms with Crippen molar-refractivity contribution in [2.45, 2.75) is 38.0 Å². The monoisotopic (exact) mass is 314 g/mol. The van der Waals surface area contributed by atoms with E-state index in [4.69, 9.17) is 10.5 Å². The van der Waals surface area contributed by atoms with Gasteiger partial charge in [0.2, 0.25) is 0 Å². The normalized spacial score (nSPS) is 23.2. The largest absolute Gasteiger partial charge is 0.372 e. The molecule has 1 aromatic rings. The van der Waals surface area contributed by atoms with Crippen molar-refractivity contribution in [3.8, 4) is 0 Å². The van der Waals surface area contributed by atoms with Crippen LogP contribution in [-0.4, -0.2) is 17.1 Å². The molecule has 0 bridgehead atoms. The number of nitro groups is 1. The van der Waals surface area contributed by atoms with Gasteiger partial charge >= 0.3 is 0 Å². The fourth-order valence-electron chi connectivity index (χ4n) is 2.19. The molecule has 1 aliphatic rings. The molecular formula is C12H15BrN2O3. The molecule has 0 radical (unpaired) electrons. The third-order valence-electron chi connectivity index (χ3n) is 3.20. The van der Waals surface area contributed by atoms with Crippen LogP contribution in [-0.2, 0) is 11.3 Å². The van der Waals surface area contributed by atoms with Crippen LogP contribution >= 0.6 is 15.9 Å². The fraction of sp³-hybridized carbons (Fsp3) is 0.500. The average Bonchev–Trinajstić information content (AvgIpc) is 2.73. The van der Waals surface area contributed by atoms with Gasteiger partial charge in [0.1, 0.15) is 0 Å². The Hall–Kier alpha value is -0.980. The maximum atomic E-state index is 10.9. The van der Waals surface area contributed by atoms with E-state index in [1.54, 1.807) is 12.1 Å². The number of halogens is 1. The molecule has 98 valence electrons. The van der Waals surface area contributed by atoms with E-state index >= 15 is 0 Å². The van der Waals surface area contributed by atoms with Gasteiger partial charge in [0, 0.05) is 16.6 Å². The zero-order chi connectivity index (χ0) is 13.1. The second-order valence-corrected chi connectivity index (χ2v) is 5.39. The van der Waals surface area contributed by atoms with Crippen LogP contribution in [0.5, 0.6) is 0 Å². The third-order valence-corrected chi connectivity index (χ3v) is 3.69. The summed E-state index contributed by atoms with van der Waals surface area (Å²) < 4.78 is 6.38.